The van der Waals surface area contributed by atoms with Gasteiger partial charge in [0.2, 0.25) is 0 Å². The highest BCUT2D eigenvalue weighted by molar-refractivity contribution is 5.99. The normalized spacial score (nSPS) is 10.5. The van der Waals surface area contributed by atoms with Crippen LogP contribution >= 0.6 is 0 Å². The molecule has 0 unspecified atom stereocenters. The second-order valence-electron chi connectivity index (χ2n) is 6.78. The van der Waals surface area contributed by atoms with Crippen molar-refractivity contribution in [2.75, 3.05) is 31.9 Å². The number of aromatic hydroxyl groups is 1. The van der Waals surface area contributed by atoms with Gasteiger partial charge in [-0.1, -0.05) is 24.3 Å². The third kappa shape index (κ3) is 3.72. The third-order valence-electron chi connectivity index (χ3n) is 4.45. The van der Waals surface area contributed by atoms with Crippen molar-refractivity contribution in [3.8, 4) is 5.75 Å². The number of rotatable bonds is 6. The minimum atomic E-state index is -0.804. The molecule has 0 bridgehead atoms. The minimum Gasteiger partial charge on any atom is -0.505 e. The van der Waals surface area contributed by atoms with Gasteiger partial charge < -0.3 is 15.3 Å². The zero-order valence-corrected chi connectivity index (χ0v) is 16.6. The van der Waals surface area contributed by atoms with Crippen molar-refractivity contribution in [2.24, 2.45) is 0 Å². The minimum absolute atomic E-state index is 0.0366. The molecule has 0 aliphatic carbocycles. The molecule has 0 fully saturated rings. The second kappa shape index (κ2) is 8.08. The van der Waals surface area contributed by atoms with Gasteiger partial charge in [-0.3, -0.25) is 29.6 Å². The predicted molar refractivity (Wildman–Crippen MR) is 113 cm³/mol. The molecule has 0 aliphatic rings. The smallest absolute Gasteiger partial charge is 0.271 e. The van der Waals surface area contributed by atoms with Gasteiger partial charge in [-0.15, -0.1) is 0 Å². The largest absolute Gasteiger partial charge is 0.505 e. The van der Waals surface area contributed by atoms with Crippen LogP contribution in [0.15, 0.2) is 58.1 Å². The number of phenols is 1. The number of benzene rings is 2. The van der Waals surface area contributed by atoms with Gasteiger partial charge >= 0.3 is 0 Å². The highest BCUT2D eigenvalue weighted by Gasteiger charge is 2.25. The Kier molecular flexibility index (Phi) is 5.54. The molecule has 0 aliphatic heterocycles. The Balaban J connectivity index is 1.85. The summed E-state index contributed by atoms with van der Waals surface area (Å²) in [5, 5.41) is 14.2. The predicted octanol–water partition coefficient (Wildman–Crippen LogP) is 1.53. The van der Waals surface area contributed by atoms with E-state index in [2.05, 4.69) is 10.7 Å². The van der Waals surface area contributed by atoms with Gasteiger partial charge in [0.05, 0.1) is 11.3 Å². The molecule has 3 N–H and O–H groups in total. The Labute approximate surface area is 171 Å². The van der Waals surface area contributed by atoms with Crippen LogP contribution in [0.4, 0.5) is 17.1 Å². The van der Waals surface area contributed by atoms with Gasteiger partial charge in [0, 0.05) is 26.7 Å². The number of carbonyl (C=O) groups excluding carboxylic acids is 2. The van der Waals surface area contributed by atoms with Crippen molar-refractivity contribution in [3.05, 3.63) is 80.1 Å². The van der Waals surface area contributed by atoms with Crippen LogP contribution in [0.1, 0.15) is 20.7 Å². The van der Waals surface area contributed by atoms with Gasteiger partial charge in [0.15, 0.2) is 5.75 Å². The zero-order valence-electron chi connectivity index (χ0n) is 16.6. The number of amides is 2. The molecule has 0 saturated heterocycles. The van der Waals surface area contributed by atoms with Crippen LogP contribution in [0.5, 0.6) is 5.75 Å². The molecular weight excluding hydrogens is 388 g/mol. The summed E-state index contributed by atoms with van der Waals surface area (Å²) in [6.45, 7) is 0. The Hall–Kier alpha value is -4.14. The lowest BCUT2D eigenvalue weighted by molar-refractivity contribution is 0.0817. The topological polar surface area (TPSA) is 119 Å². The molecule has 0 atom stereocenters. The van der Waals surface area contributed by atoms with Crippen molar-refractivity contribution in [1.29, 1.82) is 0 Å². The number of hydrogen-bond acceptors (Lipinski definition) is 7. The number of para-hydroxylation sites is 1. The first kappa shape index (κ1) is 20.6. The van der Waals surface area contributed by atoms with E-state index in [0.717, 1.165) is 5.01 Å². The first-order valence-electron chi connectivity index (χ1n) is 8.96. The zero-order chi connectivity index (χ0) is 22.0. The summed E-state index contributed by atoms with van der Waals surface area (Å²) >= 11 is 0. The summed E-state index contributed by atoms with van der Waals surface area (Å²) in [5.74, 6) is -1.19. The number of phenolic OH excluding ortho intramolecular Hbond substituents is 1. The van der Waals surface area contributed by atoms with Crippen LogP contribution in [0, 0.1) is 0 Å². The molecule has 2 amide bonds. The molecule has 30 heavy (non-hydrogen) atoms. The number of nitrogens with zero attached hydrogens (tertiary/aromatic N) is 2. The Morgan fingerprint density at radius 3 is 2.10 bits per heavy atom. The average molecular weight is 408 g/mol. The molecule has 0 saturated carbocycles. The van der Waals surface area contributed by atoms with Gasteiger partial charge in [0.1, 0.15) is 11.4 Å². The van der Waals surface area contributed by atoms with E-state index in [0.29, 0.717) is 5.56 Å². The lowest BCUT2D eigenvalue weighted by Crippen LogP contribution is -2.42. The maximum Gasteiger partial charge on any atom is 0.271 e. The number of hydrogen-bond donors (Lipinski definition) is 3. The van der Waals surface area contributed by atoms with Crippen molar-refractivity contribution in [2.45, 2.75) is 0 Å². The maximum atomic E-state index is 12.5. The van der Waals surface area contributed by atoms with Crippen LogP contribution in [-0.4, -0.2) is 48.0 Å². The van der Waals surface area contributed by atoms with E-state index < -0.39 is 22.7 Å². The molecule has 3 aromatic carbocycles. The third-order valence-corrected chi connectivity index (χ3v) is 4.45. The number of carbonyl (C=O) groups is 2. The maximum absolute atomic E-state index is 12.5. The van der Waals surface area contributed by atoms with E-state index in [1.54, 1.807) is 44.4 Å². The average Bonchev–Trinajstić information content (AvgIpc) is 2.76. The van der Waals surface area contributed by atoms with E-state index >= 15 is 0 Å². The van der Waals surface area contributed by atoms with Gasteiger partial charge in [-0.05, 0) is 24.3 Å². The van der Waals surface area contributed by atoms with E-state index in [-0.39, 0.29) is 28.4 Å². The van der Waals surface area contributed by atoms with Crippen LogP contribution in [0.2, 0.25) is 0 Å². The van der Waals surface area contributed by atoms with E-state index in [1.165, 1.54) is 30.1 Å². The van der Waals surface area contributed by atoms with Crippen molar-refractivity contribution in [3.63, 3.8) is 0 Å². The fourth-order valence-electron chi connectivity index (χ4n) is 2.80. The summed E-state index contributed by atoms with van der Waals surface area (Å²) in [5.41, 5.74) is 1.29. The summed E-state index contributed by atoms with van der Waals surface area (Å²) in [6, 6.07) is 12.8. The van der Waals surface area contributed by atoms with Gasteiger partial charge in [-0.2, -0.15) is 0 Å². The Bertz CT molecular complexity index is 1180. The highest BCUT2D eigenvalue weighted by atomic mass is 16.3. The van der Waals surface area contributed by atoms with Crippen LogP contribution in [-0.2, 0) is 0 Å². The Morgan fingerprint density at radius 1 is 0.833 bits per heavy atom. The standard InChI is InChI=1S/C21H20N4O5/c1-24(2)21(30)13-10-7-11-14(17(13)26)22-15-16(19(28)18(15)27)23-25(3)20(29)12-8-5-4-6-9-12/h4-11,22-23,26H,1-3H3. The van der Waals surface area contributed by atoms with Crippen LogP contribution in [0.25, 0.3) is 0 Å². The molecule has 3 rings (SSSR count). The SMILES string of the molecule is CN(C)C(=O)c1cccc(Nc2c(NN(C)C(=O)c3ccccc3)c(=O)c2=O)c1O. The van der Waals surface area contributed by atoms with Crippen LogP contribution in [0.3, 0.4) is 0 Å². The molecule has 0 heterocycles. The quantitative estimate of drug-likeness (QED) is 0.321. The number of hydrazine groups is 1. The highest BCUT2D eigenvalue weighted by Crippen LogP contribution is 2.32. The van der Waals surface area contributed by atoms with E-state index in [4.69, 9.17) is 0 Å². The lowest BCUT2D eigenvalue weighted by Gasteiger charge is -2.23. The molecule has 0 radical (unpaired) electrons. The fraction of sp³-hybridized carbons (Fsp3) is 0.143. The molecule has 9 nitrogen and oxygen atoms in total. The van der Waals surface area contributed by atoms with Gasteiger partial charge in [0.25, 0.3) is 22.7 Å². The van der Waals surface area contributed by atoms with Crippen molar-refractivity contribution >= 4 is 28.9 Å². The first-order chi connectivity index (χ1) is 14.2. The van der Waals surface area contributed by atoms with Gasteiger partial charge in [-0.25, -0.2) is 0 Å². The molecule has 0 aromatic heterocycles. The molecule has 154 valence electrons. The molecule has 3 aromatic rings. The van der Waals surface area contributed by atoms with Crippen molar-refractivity contribution < 1.29 is 14.7 Å². The monoisotopic (exact) mass is 408 g/mol. The summed E-state index contributed by atoms with van der Waals surface area (Å²) in [6.07, 6.45) is 0. The van der Waals surface area contributed by atoms with E-state index in [1.807, 2.05) is 0 Å². The summed E-state index contributed by atoms with van der Waals surface area (Å²) in [7, 11) is 4.50. The summed E-state index contributed by atoms with van der Waals surface area (Å²) in [4.78, 5) is 50.0. The first-order valence-corrected chi connectivity index (χ1v) is 8.96. The summed E-state index contributed by atoms with van der Waals surface area (Å²) < 4.78 is 0. The fourth-order valence-corrected chi connectivity index (χ4v) is 2.80. The Morgan fingerprint density at radius 2 is 1.47 bits per heavy atom. The number of anilines is 3. The molecular formula is C21H20N4O5. The van der Waals surface area contributed by atoms with Crippen LogP contribution < -0.4 is 21.6 Å². The van der Waals surface area contributed by atoms with Crippen molar-refractivity contribution in [1.82, 2.24) is 9.91 Å². The second-order valence-corrected chi connectivity index (χ2v) is 6.78. The lowest BCUT2D eigenvalue weighted by atomic mass is 10.1. The molecule has 9 heteroatoms. The van der Waals surface area contributed by atoms with E-state index in [9.17, 15) is 24.3 Å². The number of nitrogens with one attached hydrogen (secondary N) is 2. The molecule has 0 spiro atoms.